The standard InChI is InChI=1S/C17H18N2O3S/c20-11-5-4-6-13-9-10-16-15(12-13)17(19-18-16)23(21,22)14-7-2-1-3-8-14/h1-3,7-10,12,20H,4-6,11H2,(H,18,19). The van der Waals surface area contributed by atoms with Crippen LogP contribution >= 0.6 is 0 Å². The quantitative estimate of drug-likeness (QED) is 0.681. The van der Waals surface area contributed by atoms with Gasteiger partial charge in [0.25, 0.3) is 0 Å². The Bertz CT molecular complexity index is 902. The van der Waals surface area contributed by atoms with Gasteiger partial charge >= 0.3 is 0 Å². The molecule has 3 rings (SSSR count). The van der Waals surface area contributed by atoms with Crippen molar-refractivity contribution in [3.63, 3.8) is 0 Å². The Morgan fingerprint density at radius 3 is 2.57 bits per heavy atom. The maximum Gasteiger partial charge on any atom is 0.223 e. The molecule has 0 aliphatic carbocycles. The van der Waals surface area contributed by atoms with Crippen LogP contribution in [0.4, 0.5) is 0 Å². The second-order valence-corrected chi connectivity index (χ2v) is 7.29. The van der Waals surface area contributed by atoms with E-state index < -0.39 is 9.84 Å². The zero-order valence-electron chi connectivity index (χ0n) is 12.6. The van der Waals surface area contributed by atoms with Gasteiger partial charge in [-0.1, -0.05) is 24.3 Å². The Morgan fingerprint density at radius 2 is 1.83 bits per heavy atom. The molecule has 0 amide bonds. The van der Waals surface area contributed by atoms with Crippen LogP contribution in [0.25, 0.3) is 10.9 Å². The number of aliphatic hydroxyl groups excluding tert-OH is 1. The zero-order valence-corrected chi connectivity index (χ0v) is 13.4. The number of fused-ring (bicyclic) bond motifs is 1. The molecule has 0 atom stereocenters. The number of aromatic amines is 1. The Kier molecular flexibility index (Phi) is 4.45. The molecule has 3 aromatic rings. The van der Waals surface area contributed by atoms with Gasteiger partial charge in [-0.15, -0.1) is 0 Å². The van der Waals surface area contributed by atoms with Crippen LogP contribution in [0.3, 0.4) is 0 Å². The second-order valence-electron chi connectivity index (χ2n) is 5.40. The second kappa shape index (κ2) is 6.52. The zero-order chi connectivity index (χ0) is 16.3. The van der Waals surface area contributed by atoms with Gasteiger partial charge in [0, 0.05) is 12.0 Å². The number of unbranched alkanes of at least 4 members (excludes halogenated alkanes) is 1. The summed E-state index contributed by atoms with van der Waals surface area (Å²) in [5, 5.41) is 16.4. The van der Waals surface area contributed by atoms with Gasteiger partial charge in [-0.25, -0.2) is 8.42 Å². The highest BCUT2D eigenvalue weighted by Gasteiger charge is 2.22. The van der Waals surface area contributed by atoms with Crippen molar-refractivity contribution >= 4 is 20.7 Å². The van der Waals surface area contributed by atoms with Gasteiger partial charge in [-0.3, -0.25) is 5.10 Å². The normalized spacial score (nSPS) is 11.9. The summed E-state index contributed by atoms with van der Waals surface area (Å²) in [6.07, 6.45) is 2.39. The molecular formula is C17H18N2O3S. The highest BCUT2D eigenvalue weighted by atomic mass is 32.2. The molecule has 2 aromatic carbocycles. The van der Waals surface area contributed by atoms with Crippen molar-refractivity contribution in [1.29, 1.82) is 0 Å². The van der Waals surface area contributed by atoms with Crippen LogP contribution in [0.1, 0.15) is 18.4 Å². The van der Waals surface area contributed by atoms with Crippen molar-refractivity contribution in [3.05, 3.63) is 54.1 Å². The number of aromatic nitrogens is 2. The molecule has 5 nitrogen and oxygen atoms in total. The summed E-state index contributed by atoms with van der Waals surface area (Å²) < 4.78 is 25.6. The maximum absolute atomic E-state index is 12.8. The summed E-state index contributed by atoms with van der Waals surface area (Å²) in [6, 6.07) is 14.0. The van der Waals surface area contributed by atoms with E-state index in [2.05, 4.69) is 10.2 Å². The van der Waals surface area contributed by atoms with Crippen molar-refractivity contribution in [3.8, 4) is 0 Å². The molecule has 0 fully saturated rings. The molecule has 0 aliphatic rings. The number of aryl methyl sites for hydroxylation is 1. The Hall–Kier alpha value is -2.18. The Labute approximate surface area is 134 Å². The molecule has 6 heteroatoms. The van der Waals surface area contributed by atoms with Crippen LogP contribution in [-0.4, -0.2) is 30.3 Å². The fraction of sp³-hybridized carbons (Fsp3) is 0.235. The van der Waals surface area contributed by atoms with Gasteiger partial charge in [0.15, 0.2) is 5.03 Å². The summed E-state index contributed by atoms with van der Waals surface area (Å²) in [5.74, 6) is 0. The van der Waals surface area contributed by atoms with Gasteiger partial charge in [0.05, 0.1) is 10.4 Å². The van der Waals surface area contributed by atoms with E-state index in [4.69, 9.17) is 5.11 Å². The number of benzene rings is 2. The van der Waals surface area contributed by atoms with Crippen LogP contribution in [0.2, 0.25) is 0 Å². The number of nitrogens with one attached hydrogen (secondary N) is 1. The minimum Gasteiger partial charge on any atom is -0.396 e. The van der Waals surface area contributed by atoms with Gasteiger partial charge in [-0.2, -0.15) is 5.10 Å². The lowest BCUT2D eigenvalue weighted by atomic mass is 10.1. The molecule has 0 spiro atoms. The fourth-order valence-electron chi connectivity index (χ4n) is 2.55. The van der Waals surface area contributed by atoms with Crippen LogP contribution < -0.4 is 0 Å². The first kappa shape index (κ1) is 15.7. The van der Waals surface area contributed by atoms with Crippen LogP contribution in [0.5, 0.6) is 0 Å². The number of H-pyrrole nitrogens is 1. The minimum absolute atomic E-state index is 0.128. The van der Waals surface area contributed by atoms with E-state index in [0.29, 0.717) is 10.9 Å². The molecule has 0 radical (unpaired) electrons. The van der Waals surface area contributed by atoms with Crippen LogP contribution in [0, 0.1) is 0 Å². The van der Waals surface area contributed by atoms with E-state index in [9.17, 15) is 8.42 Å². The summed E-state index contributed by atoms with van der Waals surface area (Å²) in [5.41, 5.74) is 1.67. The monoisotopic (exact) mass is 330 g/mol. The predicted molar refractivity (Wildman–Crippen MR) is 88.0 cm³/mol. The van der Waals surface area contributed by atoms with E-state index in [1.54, 1.807) is 30.3 Å². The number of aliphatic hydroxyl groups is 1. The van der Waals surface area contributed by atoms with Crippen molar-refractivity contribution in [2.75, 3.05) is 6.61 Å². The summed E-state index contributed by atoms with van der Waals surface area (Å²) in [6.45, 7) is 0.168. The van der Waals surface area contributed by atoms with Crippen molar-refractivity contribution in [2.24, 2.45) is 0 Å². The molecule has 120 valence electrons. The first-order valence-corrected chi connectivity index (χ1v) is 8.99. The lowest BCUT2D eigenvalue weighted by Gasteiger charge is -2.04. The average molecular weight is 330 g/mol. The minimum atomic E-state index is -3.62. The van der Waals surface area contributed by atoms with Crippen molar-refractivity contribution in [1.82, 2.24) is 10.2 Å². The van der Waals surface area contributed by atoms with E-state index in [0.717, 1.165) is 24.8 Å². The van der Waals surface area contributed by atoms with E-state index in [-0.39, 0.29) is 16.5 Å². The molecule has 1 aromatic heterocycles. The highest BCUT2D eigenvalue weighted by molar-refractivity contribution is 7.91. The third-order valence-corrected chi connectivity index (χ3v) is 5.52. The summed E-state index contributed by atoms with van der Waals surface area (Å²) in [7, 11) is -3.62. The molecule has 0 unspecified atom stereocenters. The molecular weight excluding hydrogens is 312 g/mol. The third-order valence-electron chi connectivity index (χ3n) is 3.78. The molecule has 0 saturated carbocycles. The predicted octanol–water partition coefficient (Wildman–Crippen LogP) is 2.71. The third kappa shape index (κ3) is 3.13. The van der Waals surface area contributed by atoms with E-state index in [1.807, 2.05) is 18.2 Å². The Balaban J connectivity index is 2.03. The number of sulfone groups is 1. The fourth-order valence-corrected chi connectivity index (χ4v) is 3.92. The molecule has 2 N–H and O–H groups in total. The number of rotatable bonds is 6. The lowest BCUT2D eigenvalue weighted by Crippen LogP contribution is -2.03. The topological polar surface area (TPSA) is 83.0 Å². The lowest BCUT2D eigenvalue weighted by molar-refractivity contribution is 0.284. The van der Waals surface area contributed by atoms with Gasteiger partial charge in [-0.05, 0) is 49.1 Å². The van der Waals surface area contributed by atoms with Gasteiger partial charge in [0.1, 0.15) is 0 Å². The summed E-state index contributed by atoms with van der Waals surface area (Å²) in [4.78, 5) is 0.247. The number of hydrogen-bond donors (Lipinski definition) is 2. The number of nitrogens with zero attached hydrogens (tertiary/aromatic N) is 1. The smallest absolute Gasteiger partial charge is 0.223 e. The van der Waals surface area contributed by atoms with Gasteiger partial charge in [0.2, 0.25) is 9.84 Å². The average Bonchev–Trinajstić information content (AvgIpc) is 3.00. The first-order valence-electron chi connectivity index (χ1n) is 7.51. The molecule has 23 heavy (non-hydrogen) atoms. The Morgan fingerprint density at radius 1 is 1.04 bits per heavy atom. The van der Waals surface area contributed by atoms with Crippen LogP contribution in [-0.2, 0) is 16.3 Å². The summed E-state index contributed by atoms with van der Waals surface area (Å²) >= 11 is 0. The highest BCUT2D eigenvalue weighted by Crippen LogP contribution is 2.27. The van der Waals surface area contributed by atoms with Crippen molar-refractivity contribution < 1.29 is 13.5 Å². The first-order chi connectivity index (χ1) is 11.1. The molecule has 0 bridgehead atoms. The van der Waals surface area contributed by atoms with Gasteiger partial charge < -0.3 is 5.11 Å². The van der Waals surface area contributed by atoms with Crippen LogP contribution in [0.15, 0.2) is 58.5 Å². The molecule has 0 saturated heterocycles. The largest absolute Gasteiger partial charge is 0.396 e. The molecule has 1 heterocycles. The van der Waals surface area contributed by atoms with Crippen molar-refractivity contribution in [2.45, 2.75) is 29.2 Å². The molecule has 0 aliphatic heterocycles. The van der Waals surface area contributed by atoms with E-state index >= 15 is 0 Å². The van der Waals surface area contributed by atoms with E-state index in [1.165, 1.54) is 0 Å². The SMILES string of the molecule is O=S(=O)(c1ccccc1)c1[nH]nc2ccc(CCCCO)cc12. The number of hydrogen-bond acceptors (Lipinski definition) is 4. The maximum atomic E-state index is 12.8.